The summed E-state index contributed by atoms with van der Waals surface area (Å²) in [6.07, 6.45) is 3.21. The molecule has 1 aromatic heterocycles. The van der Waals surface area contributed by atoms with Crippen LogP contribution in [0.2, 0.25) is 5.02 Å². The molecule has 0 spiro atoms. The number of carbonyl (C=O) groups is 1. The summed E-state index contributed by atoms with van der Waals surface area (Å²) >= 11 is 6.20. The van der Waals surface area contributed by atoms with E-state index in [1.807, 2.05) is 30.3 Å². The summed E-state index contributed by atoms with van der Waals surface area (Å²) in [7, 11) is 3.17. The molecular weight excluding hydrogens is 416 g/mol. The van der Waals surface area contributed by atoms with Gasteiger partial charge in [0.05, 0.1) is 24.9 Å². The second-order valence-corrected chi connectivity index (χ2v) is 7.01. The first kappa shape index (κ1) is 20.4. The summed E-state index contributed by atoms with van der Waals surface area (Å²) in [5.74, 6) is 1.10. The lowest BCUT2D eigenvalue weighted by Gasteiger charge is -2.04. The Morgan fingerprint density at radius 2 is 1.74 bits per heavy atom. The second-order valence-electron chi connectivity index (χ2n) is 6.61. The van der Waals surface area contributed by atoms with Crippen molar-refractivity contribution < 1.29 is 14.3 Å². The molecule has 0 fully saturated rings. The number of rotatable bonds is 6. The number of amides is 1. The molecule has 4 rings (SSSR count). The molecule has 8 heteroatoms. The smallest absolute Gasteiger partial charge is 0.248 e. The largest absolute Gasteiger partial charge is 0.497 e. The number of methoxy groups -OCH3 is 2. The minimum absolute atomic E-state index is 0.246. The van der Waals surface area contributed by atoms with Gasteiger partial charge in [-0.25, -0.2) is 0 Å². The SMILES string of the molecule is COc1ccc(/C=C/C(=O)Nc2ccc3nn(-c4ccc(OC)c(Cl)c4)nc3c2)cc1. The van der Waals surface area contributed by atoms with E-state index in [4.69, 9.17) is 21.1 Å². The van der Waals surface area contributed by atoms with Crippen molar-refractivity contribution >= 4 is 40.3 Å². The Hall–Kier alpha value is -3.84. The van der Waals surface area contributed by atoms with Gasteiger partial charge in [0.1, 0.15) is 22.5 Å². The van der Waals surface area contributed by atoms with Gasteiger partial charge in [0.2, 0.25) is 5.91 Å². The van der Waals surface area contributed by atoms with Crippen molar-refractivity contribution in [3.8, 4) is 17.2 Å². The fourth-order valence-corrected chi connectivity index (χ4v) is 3.21. The maximum atomic E-state index is 12.3. The van der Waals surface area contributed by atoms with Crippen molar-refractivity contribution in [2.75, 3.05) is 19.5 Å². The number of nitrogens with zero attached hydrogens (tertiary/aromatic N) is 3. The fraction of sp³-hybridized carbons (Fsp3) is 0.0870. The van der Waals surface area contributed by atoms with E-state index in [-0.39, 0.29) is 5.91 Å². The molecule has 1 N–H and O–H groups in total. The van der Waals surface area contributed by atoms with Crippen LogP contribution in [0, 0.1) is 0 Å². The Labute approximate surface area is 183 Å². The molecule has 0 radical (unpaired) electrons. The number of carbonyl (C=O) groups excluding carboxylic acids is 1. The van der Waals surface area contributed by atoms with Gasteiger partial charge in [0.15, 0.2) is 0 Å². The van der Waals surface area contributed by atoms with Crippen LogP contribution in [0.3, 0.4) is 0 Å². The Kier molecular flexibility index (Phi) is 5.86. The van der Waals surface area contributed by atoms with E-state index in [1.165, 1.54) is 10.9 Å². The number of fused-ring (bicyclic) bond motifs is 1. The van der Waals surface area contributed by atoms with Gasteiger partial charge < -0.3 is 14.8 Å². The number of ether oxygens (including phenoxy) is 2. The first-order valence-electron chi connectivity index (χ1n) is 9.40. The standard InChI is InChI=1S/C23H19ClN4O3/c1-30-18-8-3-15(4-9-18)5-12-23(29)25-16-6-10-20-21(13-16)27-28(26-20)17-7-11-22(31-2)19(24)14-17/h3-14H,1-2H3,(H,25,29)/b12-5+. The molecule has 0 aliphatic heterocycles. The van der Waals surface area contributed by atoms with Gasteiger partial charge in [-0.1, -0.05) is 23.7 Å². The lowest BCUT2D eigenvalue weighted by atomic mass is 10.2. The molecule has 3 aromatic carbocycles. The van der Waals surface area contributed by atoms with E-state index >= 15 is 0 Å². The molecule has 4 aromatic rings. The Bertz CT molecular complexity index is 1270. The summed E-state index contributed by atoms with van der Waals surface area (Å²) in [5, 5.41) is 12.2. The molecule has 1 amide bonds. The number of hydrogen-bond acceptors (Lipinski definition) is 5. The Balaban J connectivity index is 1.49. The van der Waals surface area contributed by atoms with Crippen LogP contribution in [0.4, 0.5) is 5.69 Å². The first-order valence-corrected chi connectivity index (χ1v) is 9.77. The van der Waals surface area contributed by atoms with E-state index in [2.05, 4.69) is 15.5 Å². The maximum absolute atomic E-state index is 12.3. The molecule has 1 heterocycles. The molecule has 0 saturated carbocycles. The van der Waals surface area contributed by atoms with Gasteiger partial charge in [-0.15, -0.1) is 10.2 Å². The van der Waals surface area contributed by atoms with Crippen LogP contribution in [0.5, 0.6) is 11.5 Å². The first-order chi connectivity index (χ1) is 15.1. The van der Waals surface area contributed by atoms with E-state index < -0.39 is 0 Å². The third kappa shape index (κ3) is 4.67. The Morgan fingerprint density at radius 3 is 2.45 bits per heavy atom. The summed E-state index contributed by atoms with van der Waals surface area (Å²) in [6.45, 7) is 0. The average molecular weight is 435 g/mol. The van der Waals surface area contributed by atoms with Crippen molar-refractivity contribution in [2.45, 2.75) is 0 Å². The minimum atomic E-state index is -0.246. The molecule has 31 heavy (non-hydrogen) atoms. The van der Waals surface area contributed by atoms with E-state index in [1.54, 1.807) is 50.6 Å². The summed E-state index contributed by atoms with van der Waals surface area (Å²) in [4.78, 5) is 13.8. The topological polar surface area (TPSA) is 78.3 Å². The van der Waals surface area contributed by atoms with Crippen LogP contribution in [-0.2, 0) is 4.79 Å². The van der Waals surface area contributed by atoms with Gasteiger partial charge in [0.25, 0.3) is 0 Å². The molecular formula is C23H19ClN4O3. The number of hydrogen-bond donors (Lipinski definition) is 1. The number of anilines is 1. The van der Waals surface area contributed by atoms with Crippen molar-refractivity contribution in [1.82, 2.24) is 15.0 Å². The highest BCUT2D eigenvalue weighted by Gasteiger charge is 2.09. The van der Waals surface area contributed by atoms with E-state index in [0.29, 0.717) is 33.2 Å². The quantitative estimate of drug-likeness (QED) is 0.443. The zero-order chi connectivity index (χ0) is 21.8. The number of nitrogens with one attached hydrogen (secondary N) is 1. The molecule has 156 valence electrons. The molecule has 0 aliphatic carbocycles. The molecule has 0 atom stereocenters. The molecule has 0 saturated heterocycles. The van der Waals surface area contributed by atoms with Crippen molar-refractivity contribution in [2.24, 2.45) is 0 Å². The van der Waals surface area contributed by atoms with Crippen LogP contribution >= 0.6 is 11.6 Å². The van der Waals surface area contributed by atoms with Crippen molar-refractivity contribution in [3.63, 3.8) is 0 Å². The van der Waals surface area contributed by atoms with Crippen LogP contribution in [-0.4, -0.2) is 35.1 Å². The van der Waals surface area contributed by atoms with Crippen LogP contribution in [0.25, 0.3) is 22.8 Å². The highest BCUT2D eigenvalue weighted by atomic mass is 35.5. The molecule has 0 bridgehead atoms. The molecule has 0 unspecified atom stereocenters. The predicted octanol–water partition coefficient (Wildman–Crippen LogP) is 4.74. The van der Waals surface area contributed by atoms with E-state index in [9.17, 15) is 4.79 Å². The van der Waals surface area contributed by atoms with Crippen LogP contribution in [0.15, 0.2) is 66.7 Å². The average Bonchev–Trinajstić information content (AvgIpc) is 3.21. The summed E-state index contributed by atoms with van der Waals surface area (Å²) in [5.41, 5.74) is 3.56. The van der Waals surface area contributed by atoms with Crippen LogP contribution < -0.4 is 14.8 Å². The summed E-state index contributed by atoms with van der Waals surface area (Å²) < 4.78 is 10.3. The molecule has 0 aliphatic rings. The summed E-state index contributed by atoms with van der Waals surface area (Å²) in [6, 6.07) is 18.1. The minimum Gasteiger partial charge on any atom is -0.497 e. The highest BCUT2D eigenvalue weighted by molar-refractivity contribution is 6.32. The predicted molar refractivity (Wildman–Crippen MR) is 121 cm³/mol. The molecule has 7 nitrogen and oxygen atoms in total. The number of aromatic nitrogens is 3. The third-order valence-corrected chi connectivity index (χ3v) is 4.85. The number of benzene rings is 3. The van der Waals surface area contributed by atoms with Gasteiger partial charge in [-0.2, -0.15) is 4.80 Å². The number of halogens is 1. The zero-order valence-electron chi connectivity index (χ0n) is 16.9. The lowest BCUT2D eigenvalue weighted by Crippen LogP contribution is -2.07. The zero-order valence-corrected chi connectivity index (χ0v) is 17.6. The van der Waals surface area contributed by atoms with Crippen molar-refractivity contribution in [1.29, 1.82) is 0 Å². The monoisotopic (exact) mass is 434 g/mol. The van der Waals surface area contributed by atoms with Crippen molar-refractivity contribution in [3.05, 3.63) is 77.3 Å². The Morgan fingerprint density at radius 1 is 0.968 bits per heavy atom. The lowest BCUT2D eigenvalue weighted by molar-refractivity contribution is -0.111. The van der Waals surface area contributed by atoms with Gasteiger partial charge in [-0.05, 0) is 60.2 Å². The normalized spacial score (nSPS) is 11.1. The van der Waals surface area contributed by atoms with Crippen LogP contribution in [0.1, 0.15) is 5.56 Å². The second kappa shape index (κ2) is 8.89. The van der Waals surface area contributed by atoms with Gasteiger partial charge >= 0.3 is 0 Å². The van der Waals surface area contributed by atoms with Gasteiger partial charge in [-0.3, -0.25) is 4.79 Å². The fourth-order valence-electron chi connectivity index (χ4n) is 2.96. The highest BCUT2D eigenvalue weighted by Crippen LogP contribution is 2.27. The maximum Gasteiger partial charge on any atom is 0.248 e. The van der Waals surface area contributed by atoms with E-state index in [0.717, 1.165) is 11.3 Å². The third-order valence-electron chi connectivity index (χ3n) is 4.56. The van der Waals surface area contributed by atoms with Gasteiger partial charge in [0, 0.05) is 11.8 Å².